The number of anilines is 1. The molecule has 0 saturated heterocycles. The van der Waals surface area contributed by atoms with Gasteiger partial charge >= 0.3 is 0 Å². The Morgan fingerprint density at radius 1 is 1.18 bits per heavy atom. The average molecular weight is 533 g/mol. The van der Waals surface area contributed by atoms with Gasteiger partial charge < -0.3 is 14.8 Å². The molecule has 1 atom stereocenters. The number of aromatic nitrogens is 2. The second kappa shape index (κ2) is 10.4. The molecule has 7 nitrogen and oxygen atoms in total. The van der Waals surface area contributed by atoms with Gasteiger partial charge in [-0.25, -0.2) is 13.4 Å². The summed E-state index contributed by atoms with van der Waals surface area (Å²) in [5.41, 5.74) is 4.17. The van der Waals surface area contributed by atoms with Crippen molar-refractivity contribution in [2.75, 3.05) is 37.8 Å². The number of hydrogen-bond acceptors (Lipinski definition) is 5. The van der Waals surface area contributed by atoms with Crippen molar-refractivity contribution in [1.82, 2.24) is 19.2 Å². The van der Waals surface area contributed by atoms with Crippen LogP contribution < -0.4 is 4.90 Å². The van der Waals surface area contributed by atoms with Crippen molar-refractivity contribution in [3.05, 3.63) is 82.3 Å². The van der Waals surface area contributed by atoms with E-state index in [1.165, 1.54) is 0 Å². The molecule has 0 spiro atoms. The number of H-pyrrole nitrogens is 1. The molecular formula is C24H30BrN5O2S. The van der Waals surface area contributed by atoms with Gasteiger partial charge in [-0.05, 0) is 49.8 Å². The van der Waals surface area contributed by atoms with Crippen molar-refractivity contribution in [3.63, 3.8) is 0 Å². The fraction of sp³-hybridized carbons (Fsp3) is 0.375. The number of fused-ring (bicyclic) bond motifs is 1. The van der Waals surface area contributed by atoms with E-state index in [0.717, 1.165) is 27.0 Å². The Morgan fingerprint density at radius 2 is 1.97 bits per heavy atom. The maximum Gasteiger partial charge on any atom is 0.215 e. The lowest BCUT2D eigenvalue weighted by Crippen LogP contribution is -2.47. The number of benzene rings is 2. The molecule has 0 radical (unpaired) electrons. The Kier molecular flexibility index (Phi) is 7.53. The van der Waals surface area contributed by atoms with Gasteiger partial charge in [0.2, 0.25) is 10.0 Å². The van der Waals surface area contributed by atoms with Gasteiger partial charge in [0.25, 0.3) is 0 Å². The number of sulfonamides is 1. The number of nitrogens with zero attached hydrogens (tertiary/aromatic N) is 4. The smallest absolute Gasteiger partial charge is 0.215 e. The van der Waals surface area contributed by atoms with E-state index in [4.69, 9.17) is 0 Å². The van der Waals surface area contributed by atoms with Gasteiger partial charge in [-0.15, -0.1) is 0 Å². The molecule has 2 heterocycles. The highest BCUT2D eigenvalue weighted by Crippen LogP contribution is 2.33. The minimum Gasteiger partial charge on any atom is -0.364 e. The summed E-state index contributed by atoms with van der Waals surface area (Å²) in [6.07, 6.45) is 4.15. The average Bonchev–Trinajstić information content (AvgIpc) is 3.24. The number of aromatic amines is 1. The van der Waals surface area contributed by atoms with Crippen LogP contribution in [0.3, 0.4) is 0 Å². The first-order chi connectivity index (χ1) is 15.8. The van der Waals surface area contributed by atoms with Crippen LogP contribution in [0.4, 0.5) is 5.69 Å². The molecule has 9 heteroatoms. The van der Waals surface area contributed by atoms with Crippen molar-refractivity contribution in [2.45, 2.75) is 25.6 Å². The topological polar surface area (TPSA) is 72.5 Å². The number of hydrogen-bond donors (Lipinski definition) is 1. The molecule has 0 unspecified atom stereocenters. The highest BCUT2D eigenvalue weighted by Gasteiger charge is 2.35. The monoisotopic (exact) mass is 531 g/mol. The molecule has 0 bridgehead atoms. The summed E-state index contributed by atoms with van der Waals surface area (Å²) in [5.74, 6) is 0.0924. The Labute approximate surface area is 204 Å². The fourth-order valence-electron chi connectivity index (χ4n) is 4.25. The van der Waals surface area contributed by atoms with Crippen LogP contribution in [0.25, 0.3) is 0 Å². The molecule has 0 fully saturated rings. The largest absolute Gasteiger partial charge is 0.364 e. The highest BCUT2D eigenvalue weighted by molar-refractivity contribution is 9.10. The molecule has 1 aliphatic rings. The second-order valence-corrected chi connectivity index (χ2v) is 11.7. The van der Waals surface area contributed by atoms with E-state index < -0.39 is 10.0 Å². The van der Waals surface area contributed by atoms with Crippen molar-refractivity contribution in [3.8, 4) is 0 Å². The van der Waals surface area contributed by atoms with Crippen LogP contribution in [0.5, 0.6) is 0 Å². The Hall–Kier alpha value is -2.20. The number of imidazole rings is 1. The molecule has 0 aliphatic carbocycles. The van der Waals surface area contributed by atoms with Crippen LogP contribution in [0.15, 0.2) is 65.5 Å². The summed E-state index contributed by atoms with van der Waals surface area (Å²) < 4.78 is 29.9. The molecule has 176 valence electrons. The summed E-state index contributed by atoms with van der Waals surface area (Å²) in [7, 11) is 0.319. The molecule has 2 aromatic carbocycles. The first-order valence-corrected chi connectivity index (χ1v) is 13.4. The van der Waals surface area contributed by atoms with Gasteiger partial charge in [0, 0.05) is 42.0 Å². The fourth-order valence-corrected chi connectivity index (χ4v) is 6.42. The van der Waals surface area contributed by atoms with Gasteiger partial charge in [0.15, 0.2) is 0 Å². The highest BCUT2D eigenvalue weighted by atomic mass is 79.9. The van der Waals surface area contributed by atoms with Crippen LogP contribution in [0.2, 0.25) is 0 Å². The number of rotatable bonds is 8. The lowest BCUT2D eigenvalue weighted by atomic mass is 10.1. The summed E-state index contributed by atoms with van der Waals surface area (Å²) in [6.45, 7) is 2.05. The Morgan fingerprint density at radius 3 is 2.67 bits per heavy atom. The SMILES string of the molecule is CN(C)CCS(=O)(=O)N1Cc2cc(Br)ccc2N(Cc2cnc[nH]2)C[C@H]1Cc1ccccc1. The molecule has 3 aromatic rings. The minimum absolute atomic E-state index is 0.0924. The van der Waals surface area contributed by atoms with Gasteiger partial charge in [0.1, 0.15) is 0 Å². The maximum atomic E-state index is 13.6. The Bertz CT molecular complexity index is 1150. The van der Waals surface area contributed by atoms with Crippen LogP contribution in [-0.2, 0) is 29.5 Å². The zero-order valence-electron chi connectivity index (χ0n) is 19.0. The first-order valence-electron chi connectivity index (χ1n) is 11.0. The third kappa shape index (κ3) is 6.03. The van der Waals surface area contributed by atoms with Crippen LogP contribution in [0, 0.1) is 0 Å². The third-order valence-corrected chi connectivity index (χ3v) is 8.26. The maximum absolute atomic E-state index is 13.6. The van der Waals surface area contributed by atoms with E-state index >= 15 is 0 Å². The summed E-state index contributed by atoms with van der Waals surface area (Å²) in [6, 6.07) is 16.1. The number of halogens is 1. The van der Waals surface area contributed by atoms with E-state index in [9.17, 15) is 8.42 Å². The molecule has 4 rings (SSSR count). The molecule has 0 saturated carbocycles. The normalized spacial score (nSPS) is 17.2. The van der Waals surface area contributed by atoms with Crippen LogP contribution in [0.1, 0.15) is 16.8 Å². The standard InChI is InChI=1S/C24H30BrN5O2S/c1-28(2)10-11-33(31,32)30-15-20-13-21(25)8-9-24(20)29(16-22-14-26-18-27-22)17-23(30)12-19-6-4-3-5-7-19/h3-9,13-14,18,23H,10-12,15-17H2,1-2H3,(H,26,27)/t23-/m1/s1. The van der Waals surface area contributed by atoms with Crippen molar-refractivity contribution < 1.29 is 8.42 Å². The minimum atomic E-state index is -3.48. The summed E-state index contributed by atoms with van der Waals surface area (Å²) >= 11 is 3.58. The lowest BCUT2D eigenvalue weighted by molar-refractivity contribution is 0.314. The van der Waals surface area contributed by atoms with Crippen molar-refractivity contribution >= 4 is 31.6 Å². The zero-order chi connectivity index (χ0) is 23.4. The molecule has 0 amide bonds. The second-order valence-electron chi connectivity index (χ2n) is 8.74. The number of nitrogens with one attached hydrogen (secondary N) is 1. The van der Waals surface area contributed by atoms with E-state index in [-0.39, 0.29) is 11.8 Å². The van der Waals surface area contributed by atoms with Crippen molar-refractivity contribution in [2.24, 2.45) is 0 Å². The summed E-state index contributed by atoms with van der Waals surface area (Å²) in [5, 5.41) is 0. The molecule has 1 aliphatic heterocycles. The van der Waals surface area contributed by atoms with Crippen molar-refractivity contribution in [1.29, 1.82) is 0 Å². The zero-order valence-corrected chi connectivity index (χ0v) is 21.4. The quantitative estimate of drug-likeness (QED) is 0.481. The molecule has 1 aromatic heterocycles. The van der Waals surface area contributed by atoms with E-state index in [1.54, 1.807) is 10.6 Å². The van der Waals surface area contributed by atoms with Gasteiger partial charge in [0.05, 0.1) is 24.3 Å². The first kappa shape index (κ1) is 23.9. The molecule has 1 N–H and O–H groups in total. The predicted octanol–water partition coefficient (Wildman–Crippen LogP) is 3.50. The van der Waals surface area contributed by atoms with Crippen LogP contribution in [-0.4, -0.2) is 66.6 Å². The lowest BCUT2D eigenvalue weighted by Gasteiger charge is -2.32. The third-order valence-electron chi connectivity index (χ3n) is 5.93. The van der Waals surface area contributed by atoms with E-state index in [1.807, 2.05) is 55.5 Å². The molecular weight excluding hydrogens is 502 g/mol. The van der Waals surface area contributed by atoms with E-state index in [0.29, 0.717) is 32.6 Å². The predicted molar refractivity (Wildman–Crippen MR) is 136 cm³/mol. The van der Waals surface area contributed by atoms with Crippen LogP contribution >= 0.6 is 15.9 Å². The van der Waals surface area contributed by atoms with Gasteiger partial charge in [-0.2, -0.15) is 4.31 Å². The van der Waals surface area contributed by atoms with E-state index in [2.05, 4.69) is 49.0 Å². The Balaban J connectivity index is 1.74. The van der Waals surface area contributed by atoms with Gasteiger partial charge in [-0.3, -0.25) is 0 Å². The molecule has 33 heavy (non-hydrogen) atoms. The van der Waals surface area contributed by atoms with Gasteiger partial charge in [-0.1, -0.05) is 46.3 Å². The summed E-state index contributed by atoms with van der Waals surface area (Å²) in [4.78, 5) is 11.5.